The summed E-state index contributed by atoms with van der Waals surface area (Å²) >= 11 is 7.10. The molecule has 0 unspecified atom stereocenters. The molecule has 150 valence electrons. The molecule has 1 aliphatic carbocycles. The summed E-state index contributed by atoms with van der Waals surface area (Å²) in [5.41, 5.74) is 9.11. The van der Waals surface area contributed by atoms with Gasteiger partial charge in [-0.3, -0.25) is 4.79 Å². The quantitative estimate of drug-likeness (QED) is 0.659. The highest BCUT2D eigenvalue weighted by atomic mass is 35.5. The average molecular weight is 429 g/mol. The number of fused-ring (bicyclic) bond motifs is 2. The lowest BCUT2D eigenvalue weighted by molar-refractivity contribution is -0.255. The molecule has 0 fully saturated rings. The number of halogens is 1. The van der Waals surface area contributed by atoms with Gasteiger partial charge < -0.3 is 21.0 Å². The number of carboxylic acids is 1. The molecular formula is C21H19ClN3O3S-. The van der Waals surface area contributed by atoms with Crippen molar-refractivity contribution in [1.82, 2.24) is 4.98 Å². The van der Waals surface area contributed by atoms with E-state index in [4.69, 9.17) is 22.3 Å². The summed E-state index contributed by atoms with van der Waals surface area (Å²) in [7, 11) is 0. The first-order chi connectivity index (χ1) is 13.9. The number of anilines is 2. The third-order valence-corrected chi connectivity index (χ3v) is 6.59. The number of nitrogen functional groups attached to an aromatic ring is 1. The van der Waals surface area contributed by atoms with Crippen LogP contribution in [0.15, 0.2) is 24.3 Å². The number of amides is 1. The average Bonchev–Trinajstić information content (AvgIpc) is 2.99. The number of nitrogens with one attached hydrogen (secondary N) is 1. The Bertz CT molecular complexity index is 1130. The molecule has 1 aliphatic rings. The summed E-state index contributed by atoms with van der Waals surface area (Å²) < 4.78 is 0. The first kappa shape index (κ1) is 19.7. The molecule has 3 N–H and O–H groups in total. The number of aromatic nitrogens is 1. The molecule has 2 aromatic heterocycles. The van der Waals surface area contributed by atoms with Gasteiger partial charge in [-0.15, -0.1) is 11.3 Å². The van der Waals surface area contributed by atoms with E-state index in [1.54, 1.807) is 0 Å². The number of benzene rings is 1. The lowest BCUT2D eigenvalue weighted by Gasteiger charge is -2.12. The summed E-state index contributed by atoms with van der Waals surface area (Å²) in [6, 6.07) is 6.27. The van der Waals surface area contributed by atoms with Crippen LogP contribution in [0.1, 0.15) is 57.0 Å². The summed E-state index contributed by atoms with van der Waals surface area (Å²) in [5, 5.41) is 14.7. The zero-order valence-electron chi connectivity index (χ0n) is 15.6. The van der Waals surface area contributed by atoms with Gasteiger partial charge in [0.1, 0.15) is 9.71 Å². The molecule has 1 amide bonds. The minimum absolute atomic E-state index is 0.0472. The van der Waals surface area contributed by atoms with Gasteiger partial charge in [-0.2, -0.15) is 0 Å². The number of hydrogen-bond acceptors (Lipinski definition) is 6. The molecule has 0 aliphatic heterocycles. The highest BCUT2D eigenvalue weighted by Crippen LogP contribution is 2.35. The van der Waals surface area contributed by atoms with Gasteiger partial charge in [0.2, 0.25) is 0 Å². The van der Waals surface area contributed by atoms with E-state index in [1.165, 1.54) is 47.9 Å². The number of hydrogen-bond donors (Lipinski definition) is 2. The van der Waals surface area contributed by atoms with Crippen LogP contribution in [-0.2, 0) is 12.8 Å². The Morgan fingerprint density at radius 3 is 2.66 bits per heavy atom. The monoisotopic (exact) mass is 428 g/mol. The minimum Gasteiger partial charge on any atom is -0.545 e. The molecule has 0 saturated carbocycles. The Morgan fingerprint density at radius 1 is 1.14 bits per heavy atom. The number of carbonyl (C=O) groups excluding carboxylic acids is 2. The van der Waals surface area contributed by atoms with E-state index in [-0.39, 0.29) is 10.6 Å². The van der Waals surface area contributed by atoms with E-state index in [1.807, 2.05) is 0 Å². The van der Waals surface area contributed by atoms with E-state index < -0.39 is 11.9 Å². The Balaban J connectivity index is 1.67. The van der Waals surface area contributed by atoms with Crippen LogP contribution in [0.4, 0.5) is 11.4 Å². The van der Waals surface area contributed by atoms with E-state index in [9.17, 15) is 14.7 Å². The van der Waals surface area contributed by atoms with Crippen LogP contribution in [0.2, 0.25) is 5.02 Å². The second kappa shape index (κ2) is 8.00. The van der Waals surface area contributed by atoms with Crippen LogP contribution in [0, 0.1) is 0 Å². The summed E-state index contributed by atoms with van der Waals surface area (Å²) in [6.07, 6.45) is 6.62. The Labute approximate surface area is 176 Å². The molecule has 0 saturated heterocycles. The van der Waals surface area contributed by atoms with Crippen molar-refractivity contribution in [3.05, 3.63) is 51.0 Å². The van der Waals surface area contributed by atoms with Crippen LogP contribution >= 0.6 is 22.9 Å². The van der Waals surface area contributed by atoms with Gasteiger partial charge in [0, 0.05) is 27.4 Å². The lowest BCUT2D eigenvalue weighted by Crippen LogP contribution is -2.23. The van der Waals surface area contributed by atoms with Crippen LogP contribution in [-0.4, -0.2) is 16.9 Å². The van der Waals surface area contributed by atoms with Crippen LogP contribution in [0.5, 0.6) is 0 Å². The van der Waals surface area contributed by atoms with Crippen molar-refractivity contribution in [3.63, 3.8) is 0 Å². The van der Waals surface area contributed by atoms with Gasteiger partial charge in [0.15, 0.2) is 0 Å². The maximum Gasteiger partial charge on any atom is 0.267 e. The van der Waals surface area contributed by atoms with E-state index in [2.05, 4.69) is 11.4 Å². The van der Waals surface area contributed by atoms with Crippen molar-refractivity contribution in [2.24, 2.45) is 0 Å². The normalized spacial score (nSPS) is 14.1. The molecular weight excluding hydrogens is 410 g/mol. The van der Waals surface area contributed by atoms with Crippen LogP contribution in [0.3, 0.4) is 0 Å². The summed E-state index contributed by atoms with van der Waals surface area (Å²) in [6.45, 7) is 0. The van der Waals surface area contributed by atoms with Crippen LogP contribution in [0.25, 0.3) is 10.2 Å². The minimum atomic E-state index is -1.41. The largest absolute Gasteiger partial charge is 0.545 e. The van der Waals surface area contributed by atoms with E-state index >= 15 is 0 Å². The van der Waals surface area contributed by atoms with Gasteiger partial charge >= 0.3 is 0 Å². The topological polar surface area (TPSA) is 108 Å². The third-order valence-electron chi connectivity index (χ3n) is 5.15. The number of aryl methyl sites for hydroxylation is 2. The molecule has 29 heavy (non-hydrogen) atoms. The zero-order valence-corrected chi connectivity index (χ0v) is 17.2. The predicted molar refractivity (Wildman–Crippen MR) is 114 cm³/mol. The van der Waals surface area contributed by atoms with E-state index in [0.717, 1.165) is 41.6 Å². The lowest BCUT2D eigenvalue weighted by atomic mass is 9.96. The van der Waals surface area contributed by atoms with Gasteiger partial charge in [-0.1, -0.05) is 24.4 Å². The van der Waals surface area contributed by atoms with Crippen molar-refractivity contribution < 1.29 is 14.7 Å². The fourth-order valence-corrected chi connectivity index (χ4v) is 4.82. The standard InChI is InChI=1S/C21H20ClN3O3S/c22-15-8-7-12(10-13(15)21(27)28)24-19(26)18-17(23)14-9-11-5-3-1-2-4-6-16(11)25-20(14)29-18/h7-10H,1-6,23H2,(H,24,26)(H,27,28)/p-1. The number of carbonyl (C=O) groups is 2. The number of carboxylic acid groups (broad SMARTS) is 1. The second-order valence-corrected chi connectivity index (χ2v) is 8.55. The third kappa shape index (κ3) is 3.93. The molecule has 0 atom stereocenters. The zero-order chi connectivity index (χ0) is 20.5. The smallest absolute Gasteiger partial charge is 0.267 e. The number of aromatic carboxylic acids is 1. The number of rotatable bonds is 3. The van der Waals surface area contributed by atoms with Crippen molar-refractivity contribution in [1.29, 1.82) is 0 Å². The Kier molecular flexibility index (Phi) is 5.43. The molecule has 0 bridgehead atoms. The number of pyridine rings is 1. The Hall–Kier alpha value is -2.64. The molecule has 8 heteroatoms. The fraction of sp³-hybridized carbons (Fsp3) is 0.286. The highest BCUT2D eigenvalue weighted by molar-refractivity contribution is 7.21. The van der Waals surface area contributed by atoms with Crippen molar-refractivity contribution in [2.45, 2.75) is 38.5 Å². The number of nitrogens with two attached hydrogens (primary N) is 1. The maximum atomic E-state index is 12.8. The summed E-state index contributed by atoms with van der Waals surface area (Å²) in [5.74, 6) is -1.82. The first-order valence-electron chi connectivity index (χ1n) is 9.47. The first-order valence-corrected chi connectivity index (χ1v) is 10.7. The molecule has 3 aromatic rings. The molecule has 0 spiro atoms. The van der Waals surface area contributed by atoms with Crippen LogP contribution < -0.4 is 16.2 Å². The maximum absolute atomic E-state index is 12.8. The number of thiophene rings is 1. The molecule has 4 rings (SSSR count). The van der Waals surface area contributed by atoms with Gasteiger partial charge in [-0.25, -0.2) is 4.98 Å². The SMILES string of the molecule is Nc1c(C(=O)Nc2ccc(Cl)c(C(=O)[O-])c2)sc2nc3c(cc12)CCCCCC3. The molecule has 0 radical (unpaired) electrons. The summed E-state index contributed by atoms with van der Waals surface area (Å²) in [4.78, 5) is 29.8. The molecule has 2 heterocycles. The molecule has 6 nitrogen and oxygen atoms in total. The van der Waals surface area contributed by atoms with Crippen molar-refractivity contribution >= 4 is 56.4 Å². The molecule has 1 aromatic carbocycles. The Morgan fingerprint density at radius 2 is 1.90 bits per heavy atom. The van der Waals surface area contributed by atoms with E-state index in [0.29, 0.717) is 16.3 Å². The second-order valence-electron chi connectivity index (χ2n) is 7.14. The number of nitrogens with zero attached hydrogens (tertiary/aromatic N) is 1. The fourth-order valence-electron chi connectivity index (χ4n) is 3.63. The predicted octanol–water partition coefficient (Wildman–Crippen LogP) is 3.81. The van der Waals surface area contributed by atoms with Gasteiger partial charge in [0.25, 0.3) is 5.91 Å². The van der Waals surface area contributed by atoms with Gasteiger partial charge in [-0.05, 0) is 55.5 Å². The van der Waals surface area contributed by atoms with Gasteiger partial charge in [0.05, 0.1) is 11.7 Å². The highest BCUT2D eigenvalue weighted by Gasteiger charge is 2.20. The van der Waals surface area contributed by atoms with Crippen molar-refractivity contribution in [3.8, 4) is 0 Å². The van der Waals surface area contributed by atoms with Crippen molar-refractivity contribution in [2.75, 3.05) is 11.1 Å².